The van der Waals surface area contributed by atoms with Crippen molar-refractivity contribution in [2.24, 2.45) is 5.10 Å². The first kappa shape index (κ1) is 16.0. The number of amides is 1. The maximum absolute atomic E-state index is 11.9. The summed E-state index contributed by atoms with van der Waals surface area (Å²) < 4.78 is 5.62. The number of nitrogens with zero attached hydrogens (tertiary/aromatic N) is 1. The van der Waals surface area contributed by atoms with Gasteiger partial charge in [0.05, 0.1) is 6.21 Å². The molecule has 0 radical (unpaired) electrons. The van der Waals surface area contributed by atoms with Gasteiger partial charge in [0.25, 0.3) is 5.91 Å². The van der Waals surface area contributed by atoms with Crippen molar-refractivity contribution in [2.75, 3.05) is 0 Å². The topological polar surface area (TPSA) is 50.7 Å². The van der Waals surface area contributed by atoms with Crippen LogP contribution in [0.4, 0.5) is 0 Å². The molecule has 22 heavy (non-hydrogen) atoms. The third-order valence-corrected chi connectivity index (χ3v) is 3.23. The molecule has 1 unspecified atom stereocenters. The molecule has 0 aliphatic carbocycles. The van der Waals surface area contributed by atoms with Crippen LogP contribution in [0.2, 0.25) is 5.02 Å². The van der Waals surface area contributed by atoms with Crippen molar-refractivity contribution in [1.29, 1.82) is 0 Å². The first-order valence-electron chi connectivity index (χ1n) is 6.87. The van der Waals surface area contributed by atoms with Crippen molar-refractivity contribution >= 4 is 23.7 Å². The molecule has 1 atom stereocenters. The average Bonchev–Trinajstić information content (AvgIpc) is 2.51. The van der Waals surface area contributed by atoms with E-state index in [0.717, 1.165) is 11.1 Å². The van der Waals surface area contributed by atoms with Crippen LogP contribution in [-0.4, -0.2) is 18.2 Å². The summed E-state index contributed by atoms with van der Waals surface area (Å²) in [6.07, 6.45) is 0.922. The minimum atomic E-state index is -0.659. The average molecular weight is 317 g/mol. The number of rotatable bonds is 5. The first-order chi connectivity index (χ1) is 10.6. The monoisotopic (exact) mass is 316 g/mol. The van der Waals surface area contributed by atoms with Crippen molar-refractivity contribution in [3.05, 3.63) is 64.7 Å². The van der Waals surface area contributed by atoms with Crippen molar-refractivity contribution in [3.63, 3.8) is 0 Å². The predicted molar refractivity (Wildman–Crippen MR) is 88.5 cm³/mol. The van der Waals surface area contributed by atoms with Gasteiger partial charge in [-0.05, 0) is 43.2 Å². The lowest BCUT2D eigenvalue weighted by molar-refractivity contribution is -0.127. The van der Waals surface area contributed by atoms with Crippen LogP contribution in [0.1, 0.15) is 18.1 Å². The molecule has 4 nitrogen and oxygen atoms in total. The van der Waals surface area contributed by atoms with Crippen molar-refractivity contribution in [1.82, 2.24) is 5.43 Å². The lowest BCUT2D eigenvalue weighted by atomic mass is 10.2. The van der Waals surface area contributed by atoms with E-state index in [1.807, 2.05) is 37.3 Å². The second-order valence-corrected chi connectivity index (χ2v) is 5.25. The number of ether oxygens (including phenoxy) is 1. The van der Waals surface area contributed by atoms with Crippen LogP contribution >= 0.6 is 11.6 Å². The minimum absolute atomic E-state index is 0.318. The molecule has 0 aliphatic heterocycles. The van der Waals surface area contributed by atoms with E-state index in [1.165, 1.54) is 0 Å². The molecule has 2 aromatic carbocycles. The number of hydrazone groups is 1. The summed E-state index contributed by atoms with van der Waals surface area (Å²) in [6, 6.07) is 14.8. The smallest absolute Gasteiger partial charge is 0.280 e. The summed E-state index contributed by atoms with van der Waals surface area (Å²) >= 11 is 5.89. The molecule has 0 saturated carbocycles. The third-order valence-electron chi connectivity index (χ3n) is 3.00. The van der Waals surface area contributed by atoms with E-state index in [1.54, 1.807) is 31.3 Å². The zero-order valence-electron chi connectivity index (χ0n) is 12.4. The molecule has 5 heteroatoms. The van der Waals surface area contributed by atoms with E-state index >= 15 is 0 Å². The molecular weight excluding hydrogens is 300 g/mol. The maximum atomic E-state index is 11.9. The van der Waals surface area contributed by atoms with Crippen molar-refractivity contribution in [2.45, 2.75) is 20.0 Å². The van der Waals surface area contributed by atoms with Crippen LogP contribution in [0.15, 0.2) is 53.6 Å². The fraction of sp³-hybridized carbons (Fsp3) is 0.176. The Hall–Kier alpha value is -2.33. The van der Waals surface area contributed by atoms with Crippen LogP contribution in [0.25, 0.3) is 0 Å². The van der Waals surface area contributed by atoms with E-state index < -0.39 is 6.10 Å². The highest BCUT2D eigenvalue weighted by Crippen LogP contribution is 2.22. The molecule has 1 N–H and O–H groups in total. The van der Waals surface area contributed by atoms with Crippen LogP contribution in [-0.2, 0) is 4.79 Å². The highest BCUT2D eigenvalue weighted by atomic mass is 35.5. The number of halogens is 1. The second-order valence-electron chi connectivity index (χ2n) is 4.81. The molecule has 0 spiro atoms. The number of carbonyl (C=O) groups excluding carboxylic acids is 1. The van der Waals surface area contributed by atoms with Gasteiger partial charge in [0.1, 0.15) is 5.75 Å². The molecule has 0 bridgehead atoms. The normalized spacial score (nSPS) is 12.1. The Kier molecular flexibility index (Phi) is 5.55. The summed E-state index contributed by atoms with van der Waals surface area (Å²) in [7, 11) is 0. The molecule has 0 heterocycles. The third kappa shape index (κ3) is 4.60. The zero-order chi connectivity index (χ0) is 15.9. The molecule has 1 amide bonds. The Bertz CT molecular complexity index is 672. The number of hydrogen-bond acceptors (Lipinski definition) is 3. The molecule has 0 fully saturated rings. The highest BCUT2D eigenvalue weighted by Gasteiger charge is 2.15. The Morgan fingerprint density at radius 1 is 1.27 bits per heavy atom. The number of aryl methyl sites for hydroxylation is 1. The summed E-state index contributed by atoms with van der Waals surface area (Å²) in [6.45, 7) is 3.54. The molecule has 2 rings (SSSR count). The molecule has 0 aromatic heterocycles. The van der Waals surface area contributed by atoms with Gasteiger partial charge in [0.15, 0.2) is 6.10 Å². The molecule has 0 aliphatic rings. The molecule has 0 saturated heterocycles. The van der Waals surface area contributed by atoms with Gasteiger partial charge >= 0.3 is 0 Å². The Balaban J connectivity index is 1.91. The number of hydrogen-bond donors (Lipinski definition) is 1. The first-order valence-corrected chi connectivity index (χ1v) is 7.25. The van der Waals surface area contributed by atoms with Gasteiger partial charge in [0.2, 0.25) is 0 Å². The largest absolute Gasteiger partial charge is 0.481 e. The van der Waals surface area contributed by atoms with Crippen molar-refractivity contribution in [3.8, 4) is 5.75 Å². The van der Waals surface area contributed by atoms with Crippen LogP contribution in [0.3, 0.4) is 0 Å². The van der Waals surface area contributed by atoms with Crippen LogP contribution in [0.5, 0.6) is 5.75 Å². The van der Waals surface area contributed by atoms with Crippen LogP contribution < -0.4 is 10.2 Å². The number of carbonyl (C=O) groups is 1. The van der Waals surface area contributed by atoms with E-state index in [0.29, 0.717) is 10.8 Å². The summed E-state index contributed by atoms with van der Waals surface area (Å²) in [5.74, 6) is 0.306. The highest BCUT2D eigenvalue weighted by molar-refractivity contribution is 6.30. The second kappa shape index (κ2) is 7.61. The molecular formula is C17H17ClN2O2. The van der Waals surface area contributed by atoms with E-state index in [4.69, 9.17) is 16.3 Å². The standard InChI is InChI=1S/C17H17ClN2O2/c1-12-10-15(18)8-9-16(12)22-13(2)17(21)20-19-11-14-6-4-3-5-7-14/h3-11,13H,1-2H3,(H,20,21). The Morgan fingerprint density at radius 2 is 2.00 bits per heavy atom. The van der Waals surface area contributed by atoms with Crippen LogP contribution in [0, 0.1) is 6.92 Å². The Morgan fingerprint density at radius 3 is 2.68 bits per heavy atom. The maximum Gasteiger partial charge on any atom is 0.280 e. The number of nitrogens with one attached hydrogen (secondary N) is 1. The minimum Gasteiger partial charge on any atom is -0.481 e. The lowest BCUT2D eigenvalue weighted by Gasteiger charge is -2.14. The Labute approximate surface area is 134 Å². The summed E-state index contributed by atoms with van der Waals surface area (Å²) in [5, 5.41) is 4.55. The quantitative estimate of drug-likeness (QED) is 0.677. The van der Waals surface area contributed by atoms with Crippen molar-refractivity contribution < 1.29 is 9.53 Å². The van der Waals surface area contributed by atoms with Gasteiger partial charge in [-0.2, -0.15) is 5.10 Å². The van der Waals surface area contributed by atoms with Gasteiger partial charge < -0.3 is 4.74 Å². The van der Waals surface area contributed by atoms with Gasteiger partial charge in [-0.15, -0.1) is 0 Å². The van der Waals surface area contributed by atoms with E-state index in [-0.39, 0.29) is 5.91 Å². The summed E-state index contributed by atoms with van der Waals surface area (Å²) in [4.78, 5) is 11.9. The van der Waals surface area contributed by atoms with E-state index in [2.05, 4.69) is 10.5 Å². The fourth-order valence-electron chi connectivity index (χ4n) is 1.79. The van der Waals surface area contributed by atoms with Gasteiger partial charge in [0, 0.05) is 5.02 Å². The number of benzene rings is 2. The summed E-state index contributed by atoms with van der Waals surface area (Å²) in [5.41, 5.74) is 4.24. The van der Waals surface area contributed by atoms with E-state index in [9.17, 15) is 4.79 Å². The molecule has 114 valence electrons. The van der Waals surface area contributed by atoms with Gasteiger partial charge in [-0.25, -0.2) is 5.43 Å². The predicted octanol–water partition coefficient (Wildman–Crippen LogP) is 3.57. The molecule has 2 aromatic rings. The van der Waals surface area contributed by atoms with Gasteiger partial charge in [-0.3, -0.25) is 4.79 Å². The lowest BCUT2D eigenvalue weighted by Crippen LogP contribution is -2.33. The zero-order valence-corrected chi connectivity index (χ0v) is 13.2. The SMILES string of the molecule is Cc1cc(Cl)ccc1OC(C)C(=O)NN=Cc1ccccc1. The fourth-order valence-corrected chi connectivity index (χ4v) is 2.02. The van der Waals surface area contributed by atoms with Gasteiger partial charge in [-0.1, -0.05) is 41.9 Å².